The Labute approximate surface area is 249 Å². The standard InChI is InChI=1S/C32H32Cl2N2O5/c1-32(2,3)41-31(39)21-9-7-20(8-10-21)14-29(37)28(16-24-6-4-5-13-40-24)36-19-27(34)26(17-30(36)38)25-15-23(33)12-11-22(25)18-35/h7-12,15,17,19,24,28H,4-6,13-14,16H2,1-3H3/t24-,28?/m0/s1. The summed E-state index contributed by atoms with van der Waals surface area (Å²) in [5.41, 5.74) is 1.18. The lowest BCUT2D eigenvalue weighted by atomic mass is 9.95. The van der Waals surface area contributed by atoms with Crippen molar-refractivity contribution in [2.45, 2.75) is 70.6 Å². The molecule has 2 aromatic carbocycles. The number of hydrogen-bond acceptors (Lipinski definition) is 6. The summed E-state index contributed by atoms with van der Waals surface area (Å²) in [6, 6.07) is 14.1. The van der Waals surface area contributed by atoms with E-state index in [1.807, 2.05) is 0 Å². The van der Waals surface area contributed by atoms with Crippen molar-refractivity contribution in [2.24, 2.45) is 0 Å². The molecule has 0 saturated carbocycles. The minimum Gasteiger partial charge on any atom is -0.456 e. The number of carbonyl (C=O) groups excluding carboxylic acids is 2. The van der Waals surface area contributed by atoms with Crippen molar-refractivity contribution >= 4 is 35.0 Å². The molecule has 2 atom stereocenters. The largest absolute Gasteiger partial charge is 0.456 e. The molecule has 2 heterocycles. The first-order valence-electron chi connectivity index (χ1n) is 13.5. The summed E-state index contributed by atoms with van der Waals surface area (Å²) in [6.45, 7) is 6.00. The van der Waals surface area contributed by atoms with Gasteiger partial charge in [0.05, 0.1) is 34.4 Å². The number of rotatable bonds is 8. The van der Waals surface area contributed by atoms with Crippen molar-refractivity contribution in [3.8, 4) is 17.2 Å². The van der Waals surface area contributed by atoms with Gasteiger partial charge in [-0.1, -0.05) is 35.3 Å². The maximum absolute atomic E-state index is 13.7. The van der Waals surface area contributed by atoms with Crippen LogP contribution >= 0.6 is 23.2 Å². The molecule has 9 heteroatoms. The van der Waals surface area contributed by atoms with Gasteiger partial charge in [-0.2, -0.15) is 5.26 Å². The summed E-state index contributed by atoms with van der Waals surface area (Å²) >= 11 is 12.8. The molecule has 1 aliphatic rings. The fraction of sp³-hybridized carbons (Fsp3) is 0.375. The number of carbonyl (C=O) groups is 2. The van der Waals surface area contributed by atoms with E-state index in [4.69, 9.17) is 32.7 Å². The zero-order chi connectivity index (χ0) is 29.7. The van der Waals surface area contributed by atoms with Gasteiger partial charge in [0.15, 0.2) is 5.78 Å². The summed E-state index contributed by atoms with van der Waals surface area (Å²) in [7, 11) is 0. The first kappa shape index (κ1) is 30.5. The third kappa shape index (κ3) is 7.85. The highest BCUT2D eigenvalue weighted by Gasteiger charge is 2.28. The highest BCUT2D eigenvalue weighted by Crippen LogP contribution is 2.33. The van der Waals surface area contributed by atoms with Crippen LogP contribution < -0.4 is 5.56 Å². The second-order valence-electron chi connectivity index (χ2n) is 11.2. The van der Waals surface area contributed by atoms with Gasteiger partial charge in [0.1, 0.15) is 5.60 Å². The zero-order valence-electron chi connectivity index (χ0n) is 23.3. The van der Waals surface area contributed by atoms with Crippen LogP contribution in [0.25, 0.3) is 11.1 Å². The topological polar surface area (TPSA) is 98.4 Å². The van der Waals surface area contributed by atoms with Gasteiger partial charge in [-0.05, 0) is 75.9 Å². The van der Waals surface area contributed by atoms with Crippen LogP contribution in [-0.4, -0.2) is 34.6 Å². The number of halogens is 2. The summed E-state index contributed by atoms with van der Waals surface area (Å²) < 4.78 is 12.7. The predicted molar refractivity (Wildman–Crippen MR) is 158 cm³/mol. The van der Waals surface area contributed by atoms with Crippen molar-refractivity contribution < 1.29 is 19.1 Å². The van der Waals surface area contributed by atoms with Gasteiger partial charge >= 0.3 is 5.97 Å². The Hall–Kier alpha value is -3.44. The lowest BCUT2D eigenvalue weighted by Crippen LogP contribution is -2.34. The molecular weight excluding hydrogens is 563 g/mol. The molecule has 0 amide bonds. The molecule has 1 aliphatic heterocycles. The van der Waals surface area contributed by atoms with Gasteiger partial charge in [0, 0.05) is 47.9 Å². The molecule has 7 nitrogen and oxygen atoms in total. The monoisotopic (exact) mass is 594 g/mol. The van der Waals surface area contributed by atoms with E-state index < -0.39 is 23.2 Å². The number of pyridine rings is 1. The highest BCUT2D eigenvalue weighted by molar-refractivity contribution is 6.33. The molecule has 1 fully saturated rings. The molecule has 41 heavy (non-hydrogen) atoms. The number of nitrogens with zero attached hydrogens (tertiary/aromatic N) is 2. The molecule has 1 aromatic heterocycles. The maximum Gasteiger partial charge on any atom is 0.338 e. The number of aromatic nitrogens is 1. The van der Waals surface area contributed by atoms with E-state index in [0.717, 1.165) is 19.3 Å². The Morgan fingerprint density at radius 1 is 1.10 bits per heavy atom. The van der Waals surface area contributed by atoms with Crippen LogP contribution in [0.15, 0.2) is 59.5 Å². The first-order valence-corrected chi connectivity index (χ1v) is 14.3. The van der Waals surface area contributed by atoms with Crippen molar-refractivity contribution in [3.05, 3.63) is 91.8 Å². The summed E-state index contributed by atoms with van der Waals surface area (Å²) in [6.07, 6.45) is 4.39. The number of Topliss-reactive ketones (excluding diaryl/α,β-unsaturated/α-hetero) is 1. The predicted octanol–water partition coefficient (Wildman–Crippen LogP) is 6.96. The van der Waals surface area contributed by atoms with Gasteiger partial charge in [0.2, 0.25) is 0 Å². The third-order valence-electron chi connectivity index (χ3n) is 6.86. The number of benzene rings is 2. The smallest absolute Gasteiger partial charge is 0.338 e. The van der Waals surface area contributed by atoms with Crippen molar-refractivity contribution in [3.63, 3.8) is 0 Å². The quantitative estimate of drug-likeness (QED) is 0.261. The van der Waals surface area contributed by atoms with Gasteiger partial charge in [-0.25, -0.2) is 4.79 Å². The summed E-state index contributed by atoms with van der Waals surface area (Å²) in [4.78, 5) is 39.6. The Morgan fingerprint density at radius 2 is 1.83 bits per heavy atom. The Kier molecular flexibility index (Phi) is 9.70. The van der Waals surface area contributed by atoms with Crippen LogP contribution in [0.2, 0.25) is 10.0 Å². The van der Waals surface area contributed by atoms with E-state index in [9.17, 15) is 19.6 Å². The molecule has 214 valence electrons. The molecular formula is C32H32Cl2N2O5. The highest BCUT2D eigenvalue weighted by atomic mass is 35.5. The fourth-order valence-corrected chi connectivity index (χ4v) is 5.30. The number of ketones is 1. The van der Waals surface area contributed by atoms with Gasteiger partial charge in [-0.3, -0.25) is 9.59 Å². The van der Waals surface area contributed by atoms with E-state index in [0.29, 0.717) is 45.9 Å². The first-order chi connectivity index (χ1) is 19.4. The van der Waals surface area contributed by atoms with Crippen LogP contribution in [0.1, 0.15) is 74.0 Å². The van der Waals surface area contributed by atoms with Crippen molar-refractivity contribution in [1.29, 1.82) is 5.26 Å². The Bertz CT molecular complexity index is 1530. The maximum atomic E-state index is 13.7. The van der Waals surface area contributed by atoms with Gasteiger partial charge < -0.3 is 14.0 Å². The fourth-order valence-electron chi connectivity index (χ4n) is 4.87. The molecule has 0 aliphatic carbocycles. The van der Waals surface area contributed by atoms with Crippen LogP contribution in [-0.2, 0) is 20.7 Å². The average Bonchev–Trinajstić information content (AvgIpc) is 2.93. The summed E-state index contributed by atoms with van der Waals surface area (Å²) in [5, 5.41) is 10.2. The average molecular weight is 596 g/mol. The molecule has 4 rings (SSSR count). The van der Waals surface area contributed by atoms with Crippen molar-refractivity contribution in [1.82, 2.24) is 4.57 Å². The molecule has 0 N–H and O–H groups in total. The second-order valence-corrected chi connectivity index (χ2v) is 12.0. The van der Waals surface area contributed by atoms with Crippen LogP contribution in [0, 0.1) is 11.3 Å². The summed E-state index contributed by atoms with van der Waals surface area (Å²) in [5.74, 6) is -0.626. The molecule has 3 aromatic rings. The van der Waals surface area contributed by atoms with Crippen LogP contribution in [0.3, 0.4) is 0 Å². The lowest BCUT2D eigenvalue weighted by molar-refractivity contribution is -0.123. The van der Waals surface area contributed by atoms with Gasteiger partial charge in [0.25, 0.3) is 5.56 Å². The number of esters is 1. The second kappa shape index (κ2) is 13.0. The minimum absolute atomic E-state index is 0.0463. The van der Waals surface area contributed by atoms with Crippen LogP contribution in [0.4, 0.5) is 0 Å². The SMILES string of the molecule is CC(C)(C)OC(=O)c1ccc(CC(=O)C(C[C@@H]2CCCCO2)n2cc(Cl)c(-c3cc(Cl)ccc3C#N)cc2=O)cc1. The zero-order valence-corrected chi connectivity index (χ0v) is 24.8. The van der Waals surface area contributed by atoms with E-state index in [1.54, 1.807) is 63.2 Å². The third-order valence-corrected chi connectivity index (χ3v) is 7.40. The number of nitriles is 1. The van der Waals surface area contributed by atoms with E-state index >= 15 is 0 Å². The normalized spacial score (nSPS) is 16.0. The van der Waals surface area contributed by atoms with E-state index in [2.05, 4.69) is 6.07 Å². The molecule has 0 spiro atoms. The van der Waals surface area contributed by atoms with Crippen molar-refractivity contribution in [2.75, 3.05) is 6.61 Å². The number of hydrogen-bond donors (Lipinski definition) is 0. The molecule has 1 unspecified atom stereocenters. The Balaban J connectivity index is 1.64. The van der Waals surface area contributed by atoms with E-state index in [-0.39, 0.29) is 23.3 Å². The minimum atomic E-state index is -0.822. The van der Waals surface area contributed by atoms with E-state index in [1.165, 1.54) is 16.8 Å². The molecule has 1 saturated heterocycles. The lowest BCUT2D eigenvalue weighted by Gasteiger charge is -2.28. The Morgan fingerprint density at radius 3 is 2.46 bits per heavy atom. The van der Waals surface area contributed by atoms with Gasteiger partial charge in [-0.15, -0.1) is 0 Å². The number of ether oxygens (including phenoxy) is 2. The molecule has 0 bridgehead atoms. The molecule has 0 radical (unpaired) electrons. The van der Waals surface area contributed by atoms with Crippen LogP contribution in [0.5, 0.6) is 0 Å².